The molecule has 1 aliphatic rings. The summed E-state index contributed by atoms with van der Waals surface area (Å²) in [5, 5.41) is 4.64. The number of hydrogen-bond acceptors (Lipinski definition) is 3. The summed E-state index contributed by atoms with van der Waals surface area (Å²) in [7, 11) is 0. The first-order valence-corrected chi connectivity index (χ1v) is 10.4. The van der Waals surface area contributed by atoms with Crippen LogP contribution < -0.4 is 10.2 Å². The number of nitrogens with one attached hydrogen (secondary N) is 1. The van der Waals surface area contributed by atoms with Crippen LogP contribution in [0.5, 0.6) is 0 Å². The predicted octanol–water partition coefficient (Wildman–Crippen LogP) is 7.20. The summed E-state index contributed by atoms with van der Waals surface area (Å²) < 4.78 is 0. The van der Waals surface area contributed by atoms with Gasteiger partial charge in [-0.25, -0.2) is 0 Å². The number of rotatable bonds is 2. The molecule has 0 radical (unpaired) electrons. The summed E-state index contributed by atoms with van der Waals surface area (Å²) in [4.78, 5) is 16.0. The number of hydrogen-bond donors (Lipinski definition) is 1. The van der Waals surface area contributed by atoms with Crippen LogP contribution >= 0.6 is 47.2 Å². The summed E-state index contributed by atoms with van der Waals surface area (Å²) >= 11 is 19.5. The lowest BCUT2D eigenvalue weighted by Crippen LogP contribution is -2.32. The van der Waals surface area contributed by atoms with Gasteiger partial charge in [-0.3, -0.25) is 9.69 Å². The maximum atomic E-state index is 11.9. The van der Waals surface area contributed by atoms with E-state index < -0.39 is 0 Å². The Balaban J connectivity index is 1.78. The van der Waals surface area contributed by atoms with Crippen molar-refractivity contribution in [2.75, 3.05) is 10.2 Å². The van der Waals surface area contributed by atoms with Crippen LogP contribution in [0.25, 0.3) is 0 Å². The molecule has 0 bridgehead atoms. The van der Waals surface area contributed by atoms with Gasteiger partial charge >= 0.3 is 0 Å². The van der Waals surface area contributed by atoms with E-state index in [0.29, 0.717) is 20.7 Å². The molecule has 0 amide bonds. The largest absolute Gasteiger partial charge is 0.332 e. The normalized spacial score (nSPS) is 12.2. The van der Waals surface area contributed by atoms with Gasteiger partial charge in [0.25, 0.3) is 0 Å². The average molecular weight is 445 g/mol. The number of anilines is 3. The van der Waals surface area contributed by atoms with Crippen molar-refractivity contribution in [3.05, 3.63) is 76.3 Å². The molecule has 0 aromatic heterocycles. The fourth-order valence-electron chi connectivity index (χ4n) is 2.95. The fourth-order valence-corrected chi connectivity index (χ4v) is 4.60. The maximum absolute atomic E-state index is 11.9. The summed E-state index contributed by atoms with van der Waals surface area (Å²) in [6.45, 7) is 1.56. The Morgan fingerprint density at radius 2 is 1.71 bits per heavy atom. The van der Waals surface area contributed by atoms with Crippen LogP contribution in [0.4, 0.5) is 17.1 Å². The number of para-hydroxylation sites is 1. The average Bonchev–Trinajstić information content (AvgIpc) is 2.68. The highest BCUT2D eigenvalue weighted by Crippen LogP contribution is 2.48. The van der Waals surface area contributed by atoms with Gasteiger partial charge in [0.2, 0.25) is 0 Å². The number of carbonyl (C=O) groups is 1. The van der Waals surface area contributed by atoms with E-state index in [1.54, 1.807) is 30.8 Å². The van der Waals surface area contributed by atoms with Gasteiger partial charge in [-0.05, 0) is 61.6 Å². The number of nitrogens with zero attached hydrogens (tertiary/aromatic N) is 1. The Bertz CT molecular complexity index is 1120. The van der Waals surface area contributed by atoms with E-state index in [4.69, 9.17) is 35.4 Å². The van der Waals surface area contributed by atoms with Gasteiger partial charge in [0.1, 0.15) is 0 Å². The van der Waals surface area contributed by atoms with Gasteiger partial charge in [-0.1, -0.05) is 53.2 Å². The second-order valence-corrected chi connectivity index (χ2v) is 8.49. The van der Waals surface area contributed by atoms with E-state index in [2.05, 4.69) is 11.4 Å². The lowest BCUT2D eigenvalue weighted by atomic mass is 10.1. The number of thiocarbonyl (C=S) groups is 1. The van der Waals surface area contributed by atoms with Crippen molar-refractivity contribution in [3.63, 3.8) is 0 Å². The number of Topliss-reactive ketones (excluding diaryl/α,β-unsaturated/α-hetero) is 1. The third kappa shape index (κ3) is 3.63. The molecule has 0 unspecified atom stereocenters. The predicted molar refractivity (Wildman–Crippen MR) is 122 cm³/mol. The van der Waals surface area contributed by atoms with Crippen LogP contribution in [-0.4, -0.2) is 10.9 Å². The number of benzene rings is 3. The SMILES string of the molecule is CC(=O)c1ccc2c(c1)N(C(=S)Nc1ccc(Cl)c(Cl)c1)c1ccccc1S2. The number of halogens is 2. The van der Waals surface area contributed by atoms with Gasteiger partial charge in [0.05, 0.1) is 21.4 Å². The minimum Gasteiger partial charge on any atom is -0.332 e. The zero-order chi connectivity index (χ0) is 19.8. The summed E-state index contributed by atoms with van der Waals surface area (Å²) in [5.74, 6) is 0.00923. The first kappa shape index (κ1) is 19.3. The third-order valence-electron chi connectivity index (χ3n) is 4.31. The van der Waals surface area contributed by atoms with Crippen LogP contribution in [0.2, 0.25) is 10.0 Å². The number of carbonyl (C=O) groups excluding carboxylic acids is 1. The quantitative estimate of drug-likeness (QED) is 0.333. The van der Waals surface area contributed by atoms with Gasteiger partial charge in [0, 0.05) is 21.0 Å². The molecule has 1 aliphatic heterocycles. The molecule has 7 heteroatoms. The minimum atomic E-state index is 0.00923. The van der Waals surface area contributed by atoms with Crippen LogP contribution in [-0.2, 0) is 0 Å². The Morgan fingerprint density at radius 3 is 2.46 bits per heavy atom. The Kier molecular flexibility index (Phi) is 5.34. The zero-order valence-electron chi connectivity index (χ0n) is 14.7. The van der Waals surface area contributed by atoms with E-state index in [1.165, 1.54) is 0 Å². The molecule has 3 nitrogen and oxygen atoms in total. The van der Waals surface area contributed by atoms with E-state index >= 15 is 0 Å². The highest BCUT2D eigenvalue weighted by atomic mass is 35.5. The van der Waals surface area contributed by atoms with Gasteiger partial charge in [-0.15, -0.1) is 0 Å². The van der Waals surface area contributed by atoms with Crippen LogP contribution in [0, 0.1) is 0 Å². The smallest absolute Gasteiger partial charge is 0.182 e. The van der Waals surface area contributed by atoms with Crippen LogP contribution in [0.15, 0.2) is 70.5 Å². The molecule has 4 rings (SSSR count). The molecule has 0 saturated carbocycles. The fraction of sp³-hybridized carbons (Fsp3) is 0.0476. The van der Waals surface area contributed by atoms with Crippen molar-refractivity contribution < 1.29 is 4.79 Å². The highest BCUT2D eigenvalue weighted by molar-refractivity contribution is 7.99. The molecule has 0 atom stereocenters. The first-order chi connectivity index (χ1) is 13.4. The first-order valence-electron chi connectivity index (χ1n) is 8.42. The van der Waals surface area contributed by atoms with Crippen molar-refractivity contribution in [3.8, 4) is 0 Å². The third-order valence-corrected chi connectivity index (χ3v) is 6.46. The standard InChI is InChI=1S/C21H14Cl2N2OS2/c1-12(26)13-6-9-20-18(10-13)25(17-4-2-3-5-19(17)28-20)21(27)24-14-7-8-15(22)16(23)11-14/h2-11H,1H3,(H,24,27). The summed E-state index contributed by atoms with van der Waals surface area (Å²) in [6, 6.07) is 19.0. The minimum absolute atomic E-state index is 0.00923. The second-order valence-electron chi connectivity index (χ2n) is 6.20. The molecule has 0 spiro atoms. The Labute approximate surface area is 182 Å². The molecule has 0 saturated heterocycles. The van der Waals surface area contributed by atoms with Crippen molar-refractivity contribution in [2.45, 2.75) is 16.7 Å². The molecule has 140 valence electrons. The second kappa shape index (κ2) is 7.76. The maximum Gasteiger partial charge on any atom is 0.182 e. The van der Waals surface area contributed by atoms with Crippen molar-refractivity contribution in [2.24, 2.45) is 0 Å². The molecular weight excluding hydrogens is 431 g/mol. The van der Waals surface area contributed by atoms with E-state index in [9.17, 15) is 4.79 Å². The van der Waals surface area contributed by atoms with Crippen molar-refractivity contribution >= 4 is 75.1 Å². The van der Waals surface area contributed by atoms with Gasteiger partial charge in [-0.2, -0.15) is 0 Å². The molecule has 3 aromatic carbocycles. The highest BCUT2D eigenvalue weighted by Gasteiger charge is 2.27. The molecule has 1 N–H and O–H groups in total. The number of ketones is 1. The monoisotopic (exact) mass is 444 g/mol. The van der Waals surface area contributed by atoms with E-state index in [-0.39, 0.29) is 5.78 Å². The van der Waals surface area contributed by atoms with Gasteiger partial charge < -0.3 is 5.32 Å². The lowest BCUT2D eigenvalue weighted by Gasteiger charge is -2.33. The van der Waals surface area contributed by atoms with Crippen LogP contribution in [0.1, 0.15) is 17.3 Å². The zero-order valence-corrected chi connectivity index (χ0v) is 17.8. The van der Waals surface area contributed by atoms with E-state index in [0.717, 1.165) is 26.9 Å². The van der Waals surface area contributed by atoms with Gasteiger partial charge in [0.15, 0.2) is 10.9 Å². The van der Waals surface area contributed by atoms with Crippen molar-refractivity contribution in [1.82, 2.24) is 0 Å². The molecule has 0 fully saturated rings. The topological polar surface area (TPSA) is 32.3 Å². The Hall–Kier alpha value is -2.05. The summed E-state index contributed by atoms with van der Waals surface area (Å²) in [5.41, 5.74) is 3.20. The molecular formula is C21H14Cl2N2OS2. The molecule has 1 heterocycles. The lowest BCUT2D eigenvalue weighted by molar-refractivity contribution is 0.101. The molecule has 0 aliphatic carbocycles. The number of fused-ring (bicyclic) bond motifs is 2. The van der Waals surface area contributed by atoms with E-state index in [1.807, 2.05) is 47.4 Å². The summed E-state index contributed by atoms with van der Waals surface area (Å²) in [6.07, 6.45) is 0. The molecule has 28 heavy (non-hydrogen) atoms. The molecule has 3 aromatic rings. The Morgan fingerprint density at radius 1 is 0.964 bits per heavy atom. The van der Waals surface area contributed by atoms with Crippen molar-refractivity contribution in [1.29, 1.82) is 0 Å². The van der Waals surface area contributed by atoms with Crippen LogP contribution in [0.3, 0.4) is 0 Å².